The summed E-state index contributed by atoms with van der Waals surface area (Å²) in [7, 11) is 0. The van der Waals surface area contributed by atoms with Gasteiger partial charge in [0.25, 0.3) is 0 Å². The number of nitriles is 1. The van der Waals surface area contributed by atoms with E-state index in [9.17, 15) is 0 Å². The molecule has 2 heterocycles. The topological polar surface area (TPSA) is 39.1 Å². The molecule has 1 aromatic heterocycles. The lowest BCUT2D eigenvalue weighted by Crippen LogP contribution is -2.44. The summed E-state index contributed by atoms with van der Waals surface area (Å²) < 4.78 is 0. The molecule has 1 aliphatic heterocycles. The highest BCUT2D eigenvalue weighted by Crippen LogP contribution is 2.30. The first-order chi connectivity index (χ1) is 7.81. The summed E-state index contributed by atoms with van der Waals surface area (Å²) in [4.78, 5) is 5.08. The normalized spacial score (nSPS) is 17.1. The van der Waals surface area contributed by atoms with E-state index in [2.05, 4.69) is 35.3 Å². The third kappa shape index (κ3) is 4.42. The molecule has 3 nitrogen and oxygen atoms in total. The third-order valence-electron chi connectivity index (χ3n) is 2.97. The maximum atomic E-state index is 8.95. The highest BCUT2D eigenvalue weighted by molar-refractivity contribution is 7.12. The lowest BCUT2D eigenvalue weighted by Gasteiger charge is -2.33. The zero-order valence-electron chi connectivity index (χ0n) is 10.4. The summed E-state index contributed by atoms with van der Waals surface area (Å²) in [5.41, 5.74) is 0. The van der Waals surface area contributed by atoms with Gasteiger partial charge in [-0.05, 0) is 19.1 Å². The van der Waals surface area contributed by atoms with Crippen LogP contribution in [0, 0.1) is 18.3 Å². The first-order valence-electron chi connectivity index (χ1n) is 5.69. The molecule has 0 spiro atoms. The minimum absolute atomic E-state index is 0. The van der Waals surface area contributed by atoms with E-state index < -0.39 is 0 Å². The predicted molar refractivity (Wildman–Crippen MR) is 81.0 cm³/mol. The molecular weight excluding hydrogens is 289 g/mol. The van der Waals surface area contributed by atoms with Crippen LogP contribution in [0.25, 0.3) is 0 Å². The number of halogens is 2. The summed E-state index contributed by atoms with van der Waals surface area (Å²) in [6.07, 6.45) is 0.597. The van der Waals surface area contributed by atoms with Crippen molar-refractivity contribution in [1.29, 1.82) is 5.26 Å². The van der Waals surface area contributed by atoms with Crippen LogP contribution in [0.15, 0.2) is 12.1 Å². The van der Waals surface area contributed by atoms with Gasteiger partial charge in [0.2, 0.25) is 0 Å². The van der Waals surface area contributed by atoms with Gasteiger partial charge in [-0.1, -0.05) is 0 Å². The van der Waals surface area contributed by atoms with E-state index in [0.29, 0.717) is 12.5 Å². The molecule has 1 aliphatic rings. The summed E-state index contributed by atoms with van der Waals surface area (Å²) in [6.45, 7) is 6.28. The van der Waals surface area contributed by atoms with Crippen molar-refractivity contribution >= 4 is 36.2 Å². The fourth-order valence-electron chi connectivity index (χ4n) is 2.12. The highest BCUT2D eigenvalue weighted by Gasteiger charge is 2.22. The molecule has 2 rings (SSSR count). The zero-order chi connectivity index (χ0) is 11.4. The zero-order valence-corrected chi connectivity index (χ0v) is 12.8. The van der Waals surface area contributed by atoms with Gasteiger partial charge < -0.3 is 5.32 Å². The van der Waals surface area contributed by atoms with Crippen LogP contribution in [-0.4, -0.2) is 31.1 Å². The minimum Gasteiger partial charge on any atom is -0.314 e. The number of hydrogen-bond donors (Lipinski definition) is 1. The molecule has 0 saturated carbocycles. The van der Waals surface area contributed by atoms with Crippen LogP contribution in [-0.2, 0) is 0 Å². The minimum atomic E-state index is 0. The molecule has 18 heavy (non-hydrogen) atoms. The van der Waals surface area contributed by atoms with Gasteiger partial charge in [0.05, 0.1) is 18.5 Å². The maximum Gasteiger partial charge on any atom is 0.0642 e. The fourth-order valence-corrected chi connectivity index (χ4v) is 3.13. The Morgan fingerprint density at radius 3 is 2.56 bits per heavy atom. The van der Waals surface area contributed by atoms with E-state index in [4.69, 9.17) is 5.26 Å². The Balaban J connectivity index is 0.00000144. The Labute approximate surface area is 125 Å². The molecule has 102 valence electrons. The van der Waals surface area contributed by atoms with Gasteiger partial charge in [-0.2, -0.15) is 5.26 Å². The van der Waals surface area contributed by atoms with Crippen molar-refractivity contribution in [3.05, 3.63) is 21.9 Å². The van der Waals surface area contributed by atoms with Crippen LogP contribution in [0.2, 0.25) is 0 Å². The molecule has 0 unspecified atom stereocenters. The molecular formula is C12H19Cl2N3S. The van der Waals surface area contributed by atoms with E-state index in [1.807, 2.05) is 11.3 Å². The number of piperazine rings is 1. The molecule has 1 N–H and O–H groups in total. The van der Waals surface area contributed by atoms with Crippen LogP contribution >= 0.6 is 36.2 Å². The Morgan fingerprint density at radius 1 is 1.39 bits per heavy atom. The SMILES string of the molecule is Cc1ccc([C@@H](CC#N)N2CCNCC2)s1.Cl.Cl. The van der Waals surface area contributed by atoms with Crippen molar-refractivity contribution in [3.8, 4) is 6.07 Å². The molecule has 1 aromatic rings. The molecule has 1 atom stereocenters. The van der Waals surface area contributed by atoms with Crippen molar-refractivity contribution in [1.82, 2.24) is 10.2 Å². The second-order valence-electron chi connectivity index (χ2n) is 4.11. The smallest absolute Gasteiger partial charge is 0.0642 e. The van der Waals surface area contributed by atoms with Gasteiger partial charge in [-0.3, -0.25) is 4.90 Å². The number of hydrogen-bond acceptors (Lipinski definition) is 4. The van der Waals surface area contributed by atoms with Gasteiger partial charge >= 0.3 is 0 Å². The van der Waals surface area contributed by atoms with Gasteiger partial charge in [0.1, 0.15) is 0 Å². The standard InChI is InChI=1S/C12H17N3S.2ClH/c1-10-2-3-12(16-10)11(4-5-13)15-8-6-14-7-9-15;;/h2-3,11,14H,4,6-9H2,1H3;2*1H/t11-;;/m1../s1. The highest BCUT2D eigenvalue weighted by atomic mass is 35.5. The fraction of sp³-hybridized carbons (Fsp3) is 0.583. The lowest BCUT2D eigenvalue weighted by atomic mass is 10.1. The lowest BCUT2D eigenvalue weighted by molar-refractivity contribution is 0.178. The summed E-state index contributed by atoms with van der Waals surface area (Å²) in [5.74, 6) is 0. The second kappa shape index (κ2) is 8.73. The average Bonchev–Trinajstić information content (AvgIpc) is 2.74. The number of nitrogens with one attached hydrogen (secondary N) is 1. The molecule has 0 aliphatic carbocycles. The van der Waals surface area contributed by atoms with Crippen LogP contribution in [0.4, 0.5) is 0 Å². The molecule has 0 radical (unpaired) electrons. The van der Waals surface area contributed by atoms with Crippen LogP contribution in [0.1, 0.15) is 22.2 Å². The first kappa shape index (κ1) is 17.7. The van der Waals surface area contributed by atoms with E-state index in [1.165, 1.54) is 9.75 Å². The van der Waals surface area contributed by atoms with Crippen LogP contribution < -0.4 is 5.32 Å². The van der Waals surface area contributed by atoms with Crippen molar-refractivity contribution in [2.75, 3.05) is 26.2 Å². The maximum absolute atomic E-state index is 8.95. The number of rotatable bonds is 3. The van der Waals surface area contributed by atoms with E-state index in [0.717, 1.165) is 26.2 Å². The van der Waals surface area contributed by atoms with E-state index in [1.54, 1.807) is 0 Å². The molecule has 1 fully saturated rings. The quantitative estimate of drug-likeness (QED) is 0.933. The summed E-state index contributed by atoms with van der Waals surface area (Å²) in [5, 5.41) is 12.3. The predicted octanol–water partition coefficient (Wildman–Crippen LogP) is 2.76. The largest absolute Gasteiger partial charge is 0.314 e. The average molecular weight is 308 g/mol. The Kier molecular flexibility index (Phi) is 8.58. The van der Waals surface area contributed by atoms with Crippen molar-refractivity contribution in [3.63, 3.8) is 0 Å². The summed E-state index contributed by atoms with van der Waals surface area (Å²) >= 11 is 1.82. The monoisotopic (exact) mass is 307 g/mol. The Hall–Kier alpha value is -0.310. The van der Waals surface area contributed by atoms with Gasteiger partial charge in [-0.15, -0.1) is 36.2 Å². The van der Waals surface area contributed by atoms with Crippen molar-refractivity contribution in [2.45, 2.75) is 19.4 Å². The van der Waals surface area contributed by atoms with Crippen LogP contribution in [0.3, 0.4) is 0 Å². The molecule has 0 bridgehead atoms. The van der Waals surface area contributed by atoms with E-state index in [-0.39, 0.29) is 24.8 Å². The molecule has 0 aromatic carbocycles. The van der Waals surface area contributed by atoms with Crippen LogP contribution in [0.5, 0.6) is 0 Å². The van der Waals surface area contributed by atoms with Crippen molar-refractivity contribution < 1.29 is 0 Å². The van der Waals surface area contributed by atoms with Crippen molar-refractivity contribution in [2.24, 2.45) is 0 Å². The Bertz CT molecular complexity index is 383. The first-order valence-corrected chi connectivity index (χ1v) is 6.51. The molecule has 6 heteroatoms. The second-order valence-corrected chi connectivity index (χ2v) is 5.43. The van der Waals surface area contributed by atoms with Gasteiger partial charge in [0.15, 0.2) is 0 Å². The van der Waals surface area contributed by atoms with Gasteiger partial charge in [-0.25, -0.2) is 0 Å². The molecule has 0 amide bonds. The third-order valence-corrected chi connectivity index (χ3v) is 4.07. The number of thiophene rings is 1. The summed E-state index contributed by atoms with van der Waals surface area (Å²) in [6, 6.07) is 6.93. The Morgan fingerprint density at radius 2 is 2.06 bits per heavy atom. The number of aryl methyl sites for hydroxylation is 1. The van der Waals surface area contributed by atoms with E-state index >= 15 is 0 Å². The number of nitrogens with zero attached hydrogens (tertiary/aromatic N) is 2. The van der Waals surface area contributed by atoms with Gasteiger partial charge in [0, 0.05) is 35.9 Å². The molecule has 1 saturated heterocycles.